The quantitative estimate of drug-likeness (QED) is 0.681. The molecule has 1 aliphatic heterocycles. The molecule has 3 nitrogen and oxygen atoms in total. The van der Waals surface area contributed by atoms with Gasteiger partial charge >= 0.3 is 0 Å². The van der Waals surface area contributed by atoms with Gasteiger partial charge in [-0.15, -0.1) is 0 Å². The lowest BCUT2D eigenvalue weighted by molar-refractivity contribution is 0.0900. The van der Waals surface area contributed by atoms with Crippen molar-refractivity contribution in [3.8, 4) is 5.75 Å². The molecule has 1 atom stereocenters. The average Bonchev–Trinajstić information content (AvgIpc) is 2.12. The predicted octanol–water partition coefficient (Wildman–Crippen LogP) is 1.24. The molecule has 2 rings (SSSR count). The number of ether oxygens (including phenoxy) is 1. The van der Waals surface area contributed by atoms with Crippen molar-refractivity contribution >= 4 is 17.4 Å². The minimum absolute atomic E-state index is 0.146. The van der Waals surface area contributed by atoms with Crippen LogP contribution in [-0.2, 0) is 0 Å². The lowest BCUT2D eigenvalue weighted by Crippen LogP contribution is -2.40. The standard InChI is InChI=1S/C9H8ClNO2/c10-5-2-1-3-7-8(5)9(12)6(11)4-13-7/h1-3,6H,4,11H2. The average molecular weight is 198 g/mol. The molecule has 0 radical (unpaired) electrons. The van der Waals surface area contributed by atoms with E-state index < -0.39 is 6.04 Å². The van der Waals surface area contributed by atoms with Gasteiger partial charge in [-0.25, -0.2) is 0 Å². The Hall–Kier alpha value is -1.06. The topological polar surface area (TPSA) is 52.3 Å². The lowest BCUT2D eigenvalue weighted by Gasteiger charge is -2.21. The van der Waals surface area contributed by atoms with Crippen LogP contribution in [0.3, 0.4) is 0 Å². The van der Waals surface area contributed by atoms with Crippen molar-refractivity contribution in [2.24, 2.45) is 5.73 Å². The number of hydrogen-bond acceptors (Lipinski definition) is 3. The summed E-state index contributed by atoms with van der Waals surface area (Å²) in [7, 11) is 0. The minimum atomic E-state index is -0.590. The maximum absolute atomic E-state index is 11.5. The fourth-order valence-electron chi connectivity index (χ4n) is 1.30. The molecular formula is C9H8ClNO2. The molecule has 0 spiro atoms. The summed E-state index contributed by atoms with van der Waals surface area (Å²) in [5.41, 5.74) is 5.93. The maximum atomic E-state index is 11.5. The Labute approximate surface area is 80.4 Å². The molecule has 68 valence electrons. The van der Waals surface area contributed by atoms with Crippen molar-refractivity contribution < 1.29 is 9.53 Å². The first kappa shape index (κ1) is 8.53. The van der Waals surface area contributed by atoms with Gasteiger partial charge in [0.1, 0.15) is 18.4 Å². The van der Waals surface area contributed by atoms with Crippen LogP contribution in [0.4, 0.5) is 0 Å². The summed E-state index contributed by atoms with van der Waals surface area (Å²) in [5.74, 6) is 0.381. The van der Waals surface area contributed by atoms with Crippen LogP contribution in [0.1, 0.15) is 10.4 Å². The van der Waals surface area contributed by atoms with E-state index in [1.807, 2.05) is 0 Å². The molecule has 1 aromatic carbocycles. The highest BCUT2D eigenvalue weighted by Crippen LogP contribution is 2.30. The summed E-state index contributed by atoms with van der Waals surface area (Å²) in [4.78, 5) is 11.5. The smallest absolute Gasteiger partial charge is 0.188 e. The molecule has 13 heavy (non-hydrogen) atoms. The minimum Gasteiger partial charge on any atom is -0.491 e. The molecule has 0 saturated heterocycles. The van der Waals surface area contributed by atoms with E-state index in [2.05, 4.69) is 0 Å². The van der Waals surface area contributed by atoms with Gasteiger partial charge in [0, 0.05) is 0 Å². The number of nitrogens with two attached hydrogens (primary N) is 1. The molecule has 0 bridgehead atoms. The summed E-state index contributed by atoms with van der Waals surface area (Å²) in [6.45, 7) is 0.228. The zero-order chi connectivity index (χ0) is 9.42. The molecule has 1 heterocycles. The Kier molecular flexibility index (Phi) is 1.98. The molecule has 4 heteroatoms. The highest BCUT2D eigenvalue weighted by molar-refractivity contribution is 6.34. The van der Waals surface area contributed by atoms with Gasteiger partial charge in [0.25, 0.3) is 0 Å². The normalized spacial score (nSPS) is 20.8. The Morgan fingerprint density at radius 1 is 1.54 bits per heavy atom. The molecule has 0 amide bonds. The number of carbonyl (C=O) groups excluding carboxylic acids is 1. The molecule has 1 unspecified atom stereocenters. The summed E-state index contributed by atoms with van der Waals surface area (Å²) in [6, 6.07) is 4.52. The largest absolute Gasteiger partial charge is 0.491 e. The highest BCUT2D eigenvalue weighted by atomic mass is 35.5. The van der Waals surface area contributed by atoms with Crippen molar-refractivity contribution in [3.63, 3.8) is 0 Å². The maximum Gasteiger partial charge on any atom is 0.188 e. The number of benzene rings is 1. The van der Waals surface area contributed by atoms with E-state index in [1.54, 1.807) is 18.2 Å². The molecule has 0 aromatic heterocycles. The van der Waals surface area contributed by atoms with Crippen molar-refractivity contribution in [3.05, 3.63) is 28.8 Å². The molecule has 0 saturated carbocycles. The summed E-state index contributed by atoms with van der Waals surface area (Å²) < 4.78 is 5.26. The number of rotatable bonds is 0. The second-order valence-corrected chi connectivity index (χ2v) is 3.30. The zero-order valence-electron chi connectivity index (χ0n) is 6.79. The van der Waals surface area contributed by atoms with E-state index in [9.17, 15) is 4.79 Å². The van der Waals surface area contributed by atoms with E-state index in [0.29, 0.717) is 16.3 Å². The lowest BCUT2D eigenvalue weighted by atomic mass is 10.0. The fraction of sp³-hybridized carbons (Fsp3) is 0.222. The van der Waals surface area contributed by atoms with Crippen LogP contribution in [0.2, 0.25) is 5.02 Å². The van der Waals surface area contributed by atoms with Gasteiger partial charge in [0.2, 0.25) is 0 Å². The molecule has 0 fully saturated rings. The number of ketones is 1. The monoisotopic (exact) mass is 197 g/mol. The third kappa shape index (κ3) is 1.30. The first-order chi connectivity index (χ1) is 6.20. The molecule has 2 N–H and O–H groups in total. The van der Waals surface area contributed by atoms with Crippen LogP contribution in [0, 0.1) is 0 Å². The fourth-order valence-corrected chi connectivity index (χ4v) is 1.56. The Bertz CT molecular complexity index is 365. The van der Waals surface area contributed by atoms with Gasteiger partial charge in [-0.2, -0.15) is 0 Å². The summed E-state index contributed by atoms with van der Waals surface area (Å²) in [6.07, 6.45) is 0. The van der Waals surface area contributed by atoms with Crippen molar-refractivity contribution in [2.75, 3.05) is 6.61 Å². The summed E-state index contributed by atoms with van der Waals surface area (Å²) >= 11 is 5.85. The molecule has 1 aliphatic rings. The van der Waals surface area contributed by atoms with Crippen LogP contribution < -0.4 is 10.5 Å². The third-order valence-corrected chi connectivity index (χ3v) is 2.29. The van der Waals surface area contributed by atoms with Crippen molar-refractivity contribution in [1.29, 1.82) is 0 Å². The van der Waals surface area contributed by atoms with E-state index >= 15 is 0 Å². The third-order valence-electron chi connectivity index (χ3n) is 1.98. The molecule has 1 aromatic rings. The van der Waals surface area contributed by atoms with E-state index in [4.69, 9.17) is 22.1 Å². The van der Waals surface area contributed by atoms with Crippen LogP contribution in [0.25, 0.3) is 0 Å². The highest BCUT2D eigenvalue weighted by Gasteiger charge is 2.27. The molecule has 0 aliphatic carbocycles. The van der Waals surface area contributed by atoms with Gasteiger partial charge < -0.3 is 10.5 Å². The zero-order valence-corrected chi connectivity index (χ0v) is 7.54. The van der Waals surface area contributed by atoms with E-state index in [0.717, 1.165) is 0 Å². The SMILES string of the molecule is NC1COc2cccc(Cl)c2C1=O. The van der Waals surface area contributed by atoms with Gasteiger partial charge in [-0.05, 0) is 12.1 Å². The summed E-state index contributed by atoms with van der Waals surface area (Å²) in [5, 5.41) is 0.401. The van der Waals surface area contributed by atoms with Crippen molar-refractivity contribution in [2.45, 2.75) is 6.04 Å². The second-order valence-electron chi connectivity index (χ2n) is 2.89. The first-order valence-electron chi connectivity index (χ1n) is 3.91. The van der Waals surface area contributed by atoms with E-state index in [-0.39, 0.29) is 12.4 Å². The molecular weight excluding hydrogens is 190 g/mol. The number of carbonyl (C=O) groups is 1. The van der Waals surface area contributed by atoms with Crippen LogP contribution in [-0.4, -0.2) is 18.4 Å². The Balaban J connectivity index is 2.57. The van der Waals surface area contributed by atoms with Gasteiger partial charge in [-0.3, -0.25) is 4.79 Å². The Morgan fingerprint density at radius 3 is 3.08 bits per heavy atom. The number of hydrogen-bond donors (Lipinski definition) is 1. The van der Waals surface area contributed by atoms with Crippen LogP contribution >= 0.6 is 11.6 Å². The second kappa shape index (κ2) is 3.01. The van der Waals surface area contributed by atoms with Gasteiger partial charge in [0.05, 0.1) is 10.6 Å². The van der Waals surface area contributed by atoms with Crippen LogP contribution in [0.15, 0.2) is 18.2 Å². The van der Waals surface area contributed by atoms with E-state index in [1.165, 1.54) is 0 Å². The van der Waals surface area contributed by atoms with Gasteiger partial charge in [-0.1, -0.05) is 17.7 Å². The Morgan fingerprint density at radius 2 is 2.31 bits per heavy atom. The number of fused-ring (bicyclic) bond motifs is 1. The van der Waals surface area contributed by atoms with Crippen LogP contribution in [0.5, 0.6) is 5.75 Å². The predicted molar refractivity (Wildman–Crippen MR) is 49.3 cm³/mol. The number of Topliss-reactive ketones (excluding diaryl/α,β-unsaturated/α-hetero) is 1. The first-order valence-corrected chi connectivity index (χ1v) is 4.29. The number of halogens is 1. The van der Waals surface area contributed by atoms with Crippen molar-refractivity contribution in [1.82, 2.24) is 0 Å². The van der Waals surface area contributed by atoms with Gasteiger partial charge in [0.15, 0.2) is 5.78 Å².